The third-order valence-corrected chi connectivity index (χ3v) is 3.74. The molecule has 2 aromatic carbocycles. The first-order valence-corrected chi connectivity index (χ1v) is 10.2. The summed E-state index contributed by atoms with van der Waals surface area (Å²) in [5, 5.41) is 22.5. The summed E-state index contributed by atoms with van der Waals surface area (Å²) < 4.78 is 20.7. The van der Waals surface area contributed by atoms with Gasteiger partial charge in [0.15, 0.2) is 13.2 Å². The summed E-state index contributed by atoms with van der Waals surface area (Å²) in [5.74, 6) is -0.723. The summed E-state index contributed by atoms with van der Waals surface area (Å²) in [6.07, 6.45) is 0. The van der Waals surface area contributed by atoms with Crippen LogP contribution in [0.5, 0.6) is 11.5 Å². The van der Waals surface area contributed by atoms with Crippen molar-refractivity contribution < 1.29 is 33.5 Å². The molecule has 0 aliphatic carbocycles. The fraction of sp³-hybridized carbons (Fsp3) is 0.125. The largest absolute Gasteiger partial charge is 0.484 e. The van der Waals surface area contributed by atoms with Crippen LogP contribution in [-0.4, -0.2) is 34.9 Å². The number of nitrogens with zero attached hydrogens (tertiary/aromatic N) is 2. The standard InChI is InChI=1S/C8H11N4O5P.C8H8N2O4/c9-18(10,16)11-8(13)5-17-7-3-1-6(2-4-7)12(14)15;9-8(11)5-14-7-3-1-6(2-4-7)10(12)13/h1-4H,5H2,(H5,9,10,11,13,16);1-4H,5H2,(H2,9,11). The van der Waals surface area contributed by atoms with E-state index in [9.17, 15) is 34.4 Å². The van der Waals surface area contributed by atoms with Crippen molar-refractivity contribution in [1.82, 2.24) is 5.09 Å². The molecule has 15 nitrogen and oxygen atoms in total. The number of carbonyl (C=O) groups excluding carboxylic acids is 2. The normalized spacial score (nSPS) is 10.2. The van der Waals surface area contributed by atoms with Gasteiger partial charge in [0.1, 0.15) is 11.5 Å². The van der Waals surface area contributed by atoms with Gasteiger partial charge in [0.05, 0.1) is 9.85 Å². The molecule has 0 aliphatic heterocycles. The SMILES string of the molecule is NC(=O)COc1ccc([N+](=O)[O-])cc1.NP(N)(=O)NC(=O)COc1ccc([N+](=O)[O-])cc1. The van der Waals surface area contributed by atoms with E-state index in [-0.39, 0.29) is 23.7 Å². The molecule has 0 heterocycles. The molecule has 0 fully saturated rings. The van der Waals surface area contributed by atoms with Gasteiger partial charge in [-0.3, -0.25) is 50.5 Å². The maximum absolute atomic E-state index is 11.1. The minimum absolute atomic E-state index is 0.0311. The van der Waals surface area contributed by atoms with Gasteiger partial charge in [-0.05, 0) is 24.3 Å². The van der Waals surface area contributed by atoms with Gasteiger partial charge in [-0.15, -0.1) is 0 Å². The average molecular weight is 470 g/mol. The molecular formula is C16H19N6O9P. The lowest BCUT2D eigenvalue weighted by molar-refractivity contribution is -0.385. The van der Waals surface area contributed by atoms with Crippen molar-refractivity contribution in [3.63, 3.8) is 0 Å². The van der Waals surface area contributed by atoms with Crippen LogP contribution >= 0.6 is 7.59 Å². The van der Waals surface area contributed by atoms with Gasteiger partial charge in [-0.1, -0.05) is 0 Å². The van der Waals surface area contributed by atoms with Gasteiger partial charge in [-0.2, -0.15) is 0 Å². The summed E-state index contributed by atoms with van der Waals surface area (Å²) in [5.41, 5.74) is 14.6. The van der Waals surface area contributed by atoms with Crippen molar-refractivity contribution in [3.8, 4) is 11.5 Å². The van der Waals surface area contributed by atoms with Crippen molar-refractivity contribution in [3.05, 3.63) is 68.8 Å². The van der Waals surface area contributed by atoms with Gasteiger partial charge >= 0.3 is 0 Å². The Balaban J connectivity index is 0.000000330. The zero-order chi connectivity index (χ0) is 24.3. The maximum atomic E-state index is 11.1. The topological polar surface area (TPSA) is 246 Å². The highest BCUT2D eigenvalue weighted by molar-refractivity contribution is 7.57. The van der Waals surface area contributed by atoms with E-state index in [1.807, 2.05) is 5.09 Å². The first kappa shape index (κ1) is 26.0. The highest BCUT2D eigenvalue weighted by Crippen LogP contribution is 2.19. The molecule has 172 valence electrons. The minimum atomic E-state index is -3.63. The summed E-state index contributed by atoms with van der Waals surface area (Å²) in [7, 11) is -3.63. The zero-order valence-corrected chi connectivity index (χ0v) is 17.2. The average Bonchev–Trinajstić information content (AvgIpc) is 2.70. The second kappa shape index (κ2) is 11.9. The van der Waals surface area contributed by atoms with E-state index in [4.69, 9.17) is 26.2 Å². The first-order valence-electron chi connectivity index (χ1n) is 8.38. The van der Waals surface area contributed by atoms with Gasteiger partial charge in [0.25, 0.3) is 30.8 Å². The molecule has 0 radical (unpaired) electrons. The van der Waals surface area contributed by atoms with Crippen LogP contribution in [0.3, 0.4) is 0 Å². The Labute approximate surface area is 180 Å². The van der Waals surface area contributed by atoms with Gasteiger partial charge in [-0.25, -0.2) is 0 Å². The van der Waals surface area contributed by atoms with Crippen LogP contribution in [0.25, 0.3) is 0 Å². The predicted octanol–water partition coefficient (Wildman–Crippen LogP) is 0.574. The highest BCUT2D eigenvalue weighted by atomic mass is 31.2. The summed E-state index contributed by atoms with van der Waals surface area (Å²) in [6, 6.07) is 10.5. The Bertz CT molecular complexity index is 1010. The zero-order valence-electron chi connectivity index (χ0n) is 16.3. The number of hydrogen-bond acceptors (Lipinski definition) is 9. The smallest absolute Gasteiger partial charge is 0.300 e. The quantitative estimate of drug-likeness (QED) is 0.224. The third-order valence-electron chi connectivity index (χ3n) is 3.15. The Morgan fingerprint density at radius 2 is 1.22 bits per heavy atom. The Kier molecular flexibility index (Phi) is 9.69. The van der Waals surface area contributed by atoms with E-state index in [0.717, 1.165) is 0 Å². The number of nitro benzene ring substituents is 2. The number of rotatable bonds is 9. The molecule has 0 saturated heterocycles. The van der Waals surface area contributed by atoms with Crippen molar-refractivity contribution in [2.75, 3.05) is 13.2 Å². The van der Waals surface area contributed by atoms with Crippen molar-refractivity contribution in [2.24, 2.45) is 16.7 Å². The molecule has 0 bridgehead atoms. The van der Waals surface area contributed by atoms with Crippen molar-refractivity contribution in [1.29, 1.82) is 0 Å². The predicted molar refractivity (Wildman–Crippen MR) is 111 cm³/mol. The molecule has 2 aromatic rings. The van der Waals surface area contributed by atoms with Crippen LogP contribution in [0, 0.1) is 20.2 Å². The fourth-order valence-corrected chi connectivity index (χ4v) is 2.31. The lowest BCUT2D eigenvalue weighted by Gasteiger charge is -2.09. The molecular weight excluding hydrogens is 451 g/mol. The number of non-ortho nitro benzene ring substituents is 2. The molecule has 32 heavy (non-hydrogen) atoms. The number of nitrogens with two attached hydrogens (primary N) is 3. The van der Waals surface area contributed by atoms with E-state index in [1.54, 1.807) is 0 Å². The number of nitrogens with one attached hydrogen (secondary N) is 1. The van der Waals surface area contributed by atoms with E-state index in [2.05, 4.69) is 0 Å². The number of ether oxygens (including phenoxy) is 2. The summed E-state index contributed by atoms with van der Waals surface area (Å²) >= 11 is 0. The van der Waals surface area contributed by atoms with Crippen LogP contribution in [0.2, 0.25) is 0 Å². The monoisotopic (exact) mass is 470 g/mol. The number of amides is 2. The van der Waals surface area contributed by atoms with Gasteiger partial charge in [0, 0.05) is 24.3 Å². The Morgan fingerprint density at radius 1 is 0.844 bits per heavy atom. The number of nitro groups is 2. The second-order valence-corrected chi connectivity index (χ2v) is 7.43. The molecule has 7 N–H and O–H groups in total. The molecule has 0 unspecified atom stereocenters. The van der Waals surface area contributed by atoms with E-state index >= 15 is 0 Å². The van der Waals surface area contributed by atoms with Crippen LogP contribution in [-0.2, 0) is 14.2 Å². The summed E-state index contributed by atoms with van der Waals surface area (Å²) in [6.45, 7) is -0.686. The second-order valence-electron chi connectivity index (χ2n) is 5.79. The van der Waals surface area contributed by atoms with Crippen LogP contribution in [0.1, 0.15) is 0 Å². The lowest BCUT2D eigenvalue weighted by Crippen LogP contribution is -2.32. The third kappa shape index (κ3) is 10.6. The Morgan fingerprint density at radius 3 is 1.53 bits per heavy atom. The molecule has 2 amide bonds. The van der Waals surface area contributed by atoms with E-state index < -0.39 is 35.9 Å². The van der Waals surface area contributed by atoms with Gasteiger partial charge in [0.2, 0.25) is 0 Å². The number of primary amides is 1. The van der Waals surface area contributed by atoms with Crippen LogP contribution < -0.4 is 31.3 Å². The maximum Gasteiger partial charge on any atom is 0.300 e. The van der Waals surface area contributed by atoms with Gasteiger partial charge < -0.3 is 15.2 Å². The first-order chi connectivity index (χ1) is 14.9. The molecule has 0 aliphatic rings. The van der Waals surface area contributed by atoms with Crippen LogP contribution in [0.4, 0.5) is 11.4 Å². The molecule has 0 saturated carbocycles. The summed E-state index contributed by atoms with van der Waals surface area (Å²) in [4.78, 5) is 41.0. The molecule has 0 atom stereocenters. The molecule has 16 heteroatoms. The van der Waals surface area contributed by atoms with Crippen LogP contribution in [0.15, 0.2) is 48.5 Å². The Hall–Kier alpha value is -4.07. The lowest BCUT2D eigenvalue weighted by atomic mass is 10.3. The minimum Gasteiger partial charge on any atom is -0.484 e. The van der Waals surface area contributed by atoms with Crippen molar-refractivity contribution >= 4 is 30.8 Å². The fourth-order valence-electron chi connectivity index (χ4n) is 1.86. The molecule has 0 aromatic heterocycles. The highest BCUT2D eigenvalue weighted by Gasteiger charge is 2.13. The van der Waals surface area contributed by atoms with E-state index in [0.29, 0.717) is 5.75 Å². The number of carbonyl (C=O) groups is 2. The molecule has 0 spiro atoms. The number of benzene rings is 2. The van der Waals surface area contributed by atoms with E-state index in [1.165, 1.54) is 48.5 Å². The number of hydrogen-bond donors (Lipinski definition) is 4. The molecule has 2 rings (SSSR count). The van der Waals surface area contributed by atoms with Crippen molar-refractivity contribution in [2.45, 2.75) is 0 Å².